The molecular weight excluding hydrogens is 320 g/mol. The van der Waals surface area contributed by atoms with Gasteiger partial charge in [0.15, 0.2) is 5.13 Å². The van der Waals surface area contributed by atoms with Gasteiger partial charge < -0.3 is 4.57 Å². The van der Waals surface area contributed by atoms with E-state index in [1.165, 1.54) is 17.5 Å². The normalized spacial score (nSPS) is 10.6. The predicted molar refractivity (Wildman–Crippen MR) is 97.4 cm³/mol. The van der Waals surface area contributed by atoms with Crippen molar-refractivity contribution in [1.29, 1.82) is 0 Å². The number of hydrogen-bond acceptors (Lipinski definition) is 4. The Bertz CT molecular complexity index is 880. The molecule has 0 bridgehead atoms. The summed E-state index contributed by atoms with van der Waals surface area (Å²) in [5, 5.41) is 5.35. The number of pyridine rings is 1. The molecule has 0 aliphatic rings. The number of aryl methyl sites for hydroxylation is 1. The van der Waals surface area contributed by atoms with Gasteiger partial charge in [-0.05, 0) is 32.0 Å². The van der Waals surface area contributed by atoms with Gasteiger partial charge in [-0.25, -0.2) is 4.98 Å². The van der Waals surface area contributed by atoms with Crippen molar-refractivity contribution >= 4 is 22.4 Å². The Morgan fingerprint density at radius 1 is 1.46 bits per heavy atom. The molecule has 0 aliphatic heterocycles. The average molecular weight is 338 g/mol. The fourth-order valence-electron chi connectivity index (χ4n) is 2.59. The summed E-state index contributed by atoms with van der Waals surface area (Å²) < 4.78 is 2.19. The fraction of sp³-hybridized carbons (Fsp3) is 0.167. The summed E-state index contributed by atoms with van der Waals surface area (Å²) in [5.74, 6) is -0.207. The van der Waals surface area contributed by atoms with Crippen LogP contribution < -0.4 is 5.32 Å². The highest BCUT2D eigenvalue weighted by Gasteiger charge is 2.14. The third kappa shape index (κ3) is 3.14. The first-order valence-electron chi connectivity index (χ1n) is 7.55. The van der Waals surface area contributed by atoms with Crippen molar-refractivity contribution in [3.05, 3.63) is 65.6 Å². The first-order valence-corrected chi connectivity index (χ1v) is 8.43. The molecule has 0 aliphatic carbocycles. The fourth-order valence-corrected chi connectivity index (χ4v) is 3.30. The van der Waals surface area contributed by atoms with Crippen LogP contribution >= 0.6 is 11.3 Å². The summed E-state index contributed by atoms with van der Waals surface area (Å²) in [7, 11) is 0. The van der Waals surface area contributed by atoms with Gasteiger partial charge in [0.25, 0.3) is 5.91 Å². The number of carbonyl (C=O) groups excluding carboxylic acids is 1. The highest BCUT2D eigenvalue weighted by atomic mass is 32.1. The molecule has 0 saturated carbocycles. The minimum atomic E-state index is -0.207. The summed E-state index contributed by atoms with van der Waals surface area (Å²) >= 11 is 1.41. The number of nitrogens with one attached hydrogen (secondary N) is 1. The Morgan fingerprint density at radius 3 is 3.00 bits per heavy atom. The van der Waals surface area contributed by atoms with E-state index in [4.69, 9.17) is 0 Å². The lowest BCUT2D eigenvalue weighted by atomic mass is 10.2. The monoisotopic (exact) mass is 338 g/mol. The maximum atomic E-state index is 12.2. The SMILES string of the molecule is C=CCn1c(C)cc(-c2csc(NC(=O)c3cccnc3)n2)c1C. The maximum Gasteiger partial charge on any atom is 0.259 e. The summed E-state index contributed by atoms with van der Waals surface area (Å²) in [4.78, 5) is 20.7. The second-order valence-electron chi connectivity index (χ2n) is 5.42. The Kier molecular flexibility index (Phi) is 4.57. The third-order valence-electron chi connectivity index (χ3n) is 3.81. The van der Waals surface area contributed by atoms with E-state index in [9.17, 15) is 4.79 Å². The third-order valence-corrected chi connectivity index (χ3v) is 4.57. The quantitative estimate of drug-likeness (QED) is 0.714. The number of aromatic nitrogens is 3. The van der Waals surface area contributed by atoms with Gasteiger partial charge in [0.1, 0.15) is 0 Å². The molecule has 24 heavy (non-hydrogen) atoms. The van der Waals surface area contributed by atoms with E-state index in [2.05, 4.69) is 46.3 Å². The average Bonchev–Trinajstić information content (AvgIpc) is 3.15. The van der Waals surface area contributed by atoms with E-state index in [0.717, 1.165) is 29.2 Å². The lowest BCUT2D eigenvalue weighted by Crippen LogP contribution is -2.11. The number of allylic oxidation sites excluding steroid dienone is 1. The summed E-state index contributed by atoms with van der Waals surface area (Å²) in [6.45, 7) is 8.70. The smallest absolute Gasteiger partial charge is 0.259 e. The highest BCUT2D eigenvalue weighted by molar-refractivity contribution is 7.14. The second-order valence-corrected chi connectivity index (χ2v) is 6.28. The van der Waals surface area contributed by atoms with E-state index in [1.807, 2.05) is 11.5 Å². The molecule has 0 saturated heterocycles. The molecule has 0 aromatic carbocycles. The number of rotatable bonds is 5. The zero-order chi connectivity index (χ0) is 17.1. The standard InChI is InChI=1S/C18H18N4OS/c1-4-8-22-12(2)9-15(13(22)3)16-11-24-18(20-16)21-17(23)14-6-5-7-19-10-14/h4-7,9-11H,1,8H2,2-3H3,(H,20,21,23). The van der Waals surface area contributed by atoms with Gasteiger partial charge in [0.2, 0.25) is 0 Å². The number of thiazole rings is 1. The van der Waals surface area contributed by atoms with Crippen molar-refractivity contribution in [2.45, 2.75) is 20.4 Å². The molecule has 3 heterocycles. The van der Waals surface area contributed by atoms with Crippen LogP contribution in [0, 0.1) is 13.8 Å². The maximum absolute atomic E-state index is 12.2. The molecule has 5 nitrogen and oxygen atoms in total. The van der Waals surface area contributed by atoms with Crippen LogP contribution in [0.5, 0.6) is 0 Å². The van der Waals surface area contributed by atoms with E-state index < -0.39 is 0 Å². The van der Waals surface area contributed by atoms with Crippen LogP contribution in [0.4, 0.5) is 5.13 Å². The van der Waals surface area contributed by atoms with Crippen LogP contribution in [0.1, 0.15) is 21.7 Å². The van der Waals surface area contributed by atoms with Gasteiger partial charge in [-0.3, -0.25) is 15.1 Å². The molecule has 3 aromatic rings. The van der Waals surface area contributed by atoms with Crippen LogP contribution in [0.3, 0.4) is 0 Å². The Balaban J connectivity index is 1.82. The number of amides is 1. The Hall–Kier alpha value is -2.73. The molecule has 0 fully saturated rings. The van der Waals surface area contributed by atoms with Crippen LogP contribution in [0.25, 0.3) is 11.3 Å². The number of hydrogen-bond donors (Lipinski definition) is 1. The molecule has 0 unspecified atom stereocenters. The molecule has 1 amide bonds. The molecule has 3 aromatic heterocycles. The van der Waals surface area contributed by atoms with E-state index in [-0.39, 0.29) is 5.91 Å². The summed E-state index contributed by atoms with van der Waals surface area (Å²) in [6, 6.07) is 5.57. The predicted octanol–water partition coefficient (Wildman–Crippen LogP) is 4.06. The van der Waals surface area contributed by atoms with Gasteiger partial charge in [-0.1, -0.05) is 6.08 Å². The molecule has 122 valence electrons. The lowest BCUT2D eigenvalue weighted by Gasteiger charge is -2.05. The second kappa shape index (κ2) is 6.80. The summed E-state index contributed by atoms with van der Waals surface area (Å²) in [6.07, 6.45) is 5.05. The summed E-state index contributed by atoms with van der Waals surface area (Å²) in [5.41, 5.74) is 4.76. The molecule has 3 rings (SSSR count). The van der Waals surface area contributed by atoms with Crippen LogP contribution in [0.15, 0.2) is 48.6 Å². The minimum absolute atomic E-state index is 0.207. The van der Waals surface area contributed by atoms with Gasteiger partial charge in [-0.2, -0.15) is 0 Å². The first-order chi connectivity index (χ1) is 11.6. The topological polar surface area (TPSA) is 59.8 Å². The molecular formula is C18H18N4OS. The van der Waals surface area contributed by atoms with Gasteiger partial charge >= 0.3 is 0 Å². The Labute approximate surface area is 144 Å². The number of anilines is 1. The number of carbonyl (C=O) groups is 1. The van der Waals surface area contributed by atoms with Crippen molar-refractivity contribution in [3.63, 3.8) is 0 Å². The van der Waals surface area contributed by atoms with E-state index >= 15 is 0 Å². The molecule has 0 spiro atoms. The minimum Gasteiger partial charge on any atom is -0.345 e. The van der Waals surface area contributed by atoms with Crippen molar-refractivity contribution in [2.24, 2.45) is 0 Å². The zero-order valence-electron chi connectivity index (χ0n) is 13.6. The van der Waals surface area contributed by atoms with Crippen molar-refractivity contribution in [2.75, 3.05) is 5.32 Å². The molecule has 1 N–H and O–H groups in total. The van der Waals surface area contributed by atoms with Crippen molar-refractivity contribution < 1.29 is 4.79 Å². The molecule has 6 heteroatoms. The Morgan fingerprint density at radius 2 is 2.29 bits per heavy atom. The zero-order valence-corrected chi connectivity index (χ0v) is 14.4. The van der Waals surface area contributed by atoms with Gasteiger partial charge in [0, 0.05) is 41.3 Å². The lowest BCUT2D eigenvalue weighted by molar-refractivity contribution is 0.102. The van der Waals surface area contributed by atoms with Crippen molar-refractivity contribution in [3.8, 4) is 11.3 Å². The largest absolute Gasteiger partial charge is 0.345 e. The van der Waals surface area contributed by atoms with Crippen LogP contribution in [0.2, 0.25) is 0 Å². The molecule has 0 atom stereocenters. The van der Waals surface area contributed by atoms with Crippen LogP contribution in [-0.2, 0) is 6.54 Å². The van der Waals surface area contributed by atoms with Gasteiger partial charge in [0.05, 0.1) is 11.3 Å². The highest BCUT2D eigenvalue weighted by Crippen LogP contribution is 2.30. The first kappa shape index (κ1) is 16.1. The van der Waals surface area contributed by atoms with E-state index in [1.54, 1.807) is 18.3 Å². The van der Waals surface area contributed by atoms with Crippen LogP contribution in [-0.4, -0.2) is 20.4 Å². The van der Waals surface area contributed by atoms with Crippen molar-refractivity contribution in [1.82, 2.24) is 14.5 Å². The van der Waals surface area contributed by atoms with E-state index in [0.29, 0.717) is 10.7 Å². The van der Waals surface area contributed by atoms with Gasteiger partial charge in [-0.15, -0.1) is 17.9 Å². The molecule has 0 radical (unpaired) electrons. The number of nitrogens with zero attached hydrogens (tertiary/aromatic N) is 3.